The lowest BCUT2D eigenvalue weighted by molar-refractivity contribution is -0.165. The SMILES string of the molecule is CCO/C(=N\NC(N)=O)C(C(C)=O)C(C)C(C(C)=O)C(=O)OC1CC(C)CCC1C(C)C. The van der Waals surface area contributed by atoms with Gasteiger partial charge in [0.05, 0.1) is 12.5 Å². The van der Waals surface area contributed by atoms with Gasteiger partial charge in [-0.25, -0.2) is 10.2 Å². The minimum absolute atomic E-state index is 0.100. The fourth-order valence-corrected chi connectivity index (χ4v) is 4.63. The lowest BCUT2D eigenvalue weighted by Gasteiger charge is -2.38. The molecule has 1 saturated carbocycles. The van der Waals surface area contributed by atoms with Crippen LogP contribution in [0.2, 0.25) is 0 Å². The van der Waals surface area contributed by atoms with Gasteiger partial charge in [-0.1, -0.05) is 34.1 Å². The number of nitrogens with one attached hydrogen (secondary N) is 1. The van der Waals surface area contributed by atoms with Gasteiger partial charge in [0, 0.05) is 0 Å². The van der Waals surface area contributed by atoms with Gasteiger partial charge < -0.3 is 15.2 Å². The second-order valence-electron chi connectivity index (χ2n) is 9.20. The lowest BCUT2D eigenvalue weighted by atomic mass is 9.75. The van der Waals surface area contributed by atoms with Crippen molar-refractivity contribution in [2.24, 2.45) is 46.3 Å². The van der Waals surface area contributed by atoms with E-state index in [0.29, 0.717) is 11.8 Å². The Bertz CT molecular complexity index is 721. The predicted octanol–water partition coefficient (Wildman–Crippen LogP) is 3.06. The van der Waals surface area contributed by atoms with E-state index in [0.717, 1.165) is 19.3 Å². The third-order valence-corrected chi connectivity index (χ3v) is 6.24. The van der Waals surface area contributed by atoms with E-state index in [4.69, 9.17) is 15.2 Å². The normalized spacial score (nSPS) is 24.2. The minimum Gasteiger partial charge on any atom is -0.479 e. The predicted molar refractivity (Wildman–Crippen MR) is 121 cm³/mol. The second-order valence-corrected chi connectivity index (χ2v) is 9.20. The summed E-state index contributed by atoms with van der Waals surface area (Å²) in [6.45, 7) is 12.4. The molecular formula is C23H39N3O6. The van der Waals surface area contributed by atoms with Crippen molar-refractivity contribution in [3.8, 4) is 0 Å². The molecule has 1 rings (SSSR count). The Morgan fingerprint density at radius 1 is 1.06 bits per heavy atom. The van der Waals surface area contributed by atoms with Crippen LogP contribution in [-0.2, 0) is 23.9 Å². The van der Waals surface area contributed by atoms with Gasteiger partial charge in [-0.2, -0.15) is 0 Å². The number of hydrogen-bond donors (Lipinski definition) is 2. The van der Waals surface area contributed by atoms with Crippen LogP contribution in [0.25, 0.3) is 0 Å². The van der Waals surface area contributed by atoms with E-state index in [1.807, 2.05) is 0 Å². The van der Waals surface area contributed by atoms with Crippen molar-refractivity contribution < 1.29 is 28.7 Å². The maximum atomic E-state index is 13.2. The molecule has 6 unspecified atom stereocenters. The van der Waals surface area contributed by atoms with Crippen LogP contribution in [0.4, 0.5) is 4.79 Å². The van der Waals surface area contributed by atoms with E-state index in [1.54, 1.807) is 13.8 Å². The van der Waals surface area contributed by atoms with Crippen LogP contribution in [-0.4, -0.2) is 42.2 Å². The van der Waals surface area contributed by atoms with Crippen molar-refractivity contribution in [3.63, 3.8) is 0 Å². The summed E-state index contributed by atoms with van der Waals surface area (Å²) in [6, 6.07) is -0.925. The maximum absolute atomic E-state index is 13.2. The molecule has 0 heterocycles. The Hall–Kier alpha value is -2.45. The van der Waals surface area contributed by atoms with Crippen molar-refractivity contribution in [3.05, 3.63) is 0 Å². The van der Waals surface area contributed by atoms with Gasteiger partial charge in [0.15, 0.2) is 0 Å². The number of hydrazone groups is 1. The molecule has 1 aliphatic rings. The molecule has 3 N–H and O–H groups in total. The molecule has 0 spiro atoms. The van der Waals surface area contributed by atoms with Crippen molar-refractivity contribution >= 4 is 29.5 Å². The molecule has 182 valence electrons. The molecule has 1 fully saturated rings. The zero-order valence-electron chi connectivity index (χ0n) is 20.3. The van der Waals surface area contributed by atoms with E-state index in [9.17, 15) is 19.2 Å². The number of primary amides is 1. The van der Waals surface area contributed by atoms with Crippen LogP contribution >= 0.6 is 0 Å². The van der Waals surface area contributed by atoms with Crippen molar-refractivity contribution in [2.45, 2.75) is 73.8 Å². The van der Waals surface area contributed by atoms with Gasteiger partial charge in [-0.05, 0) is 57.3 Å². The highest BCUT2D eigenvalue weighted by Crippen LogP contribution is 2.36. The smallest absolute Gasteiger partial charge is 0.332 e. The van der Waals surface area contributed by atoms with Gasteiger partial charge in [0.1, 0.15) is 23.6 Å². The highest BCUT2D eigenvalue weighted by Gasteiger charge is 2.43. The number of urea groups is 1. The number of carbonyl (C=O) groups excluding carboxylic acids is 4. The van der Waals surface area contributed by atoms with Crippen LogP contribution in [0.1, 0.15) is 67.7 Å². The topological polar surface area (TPSA) is 137 Å². The molecule has 9 nitrogen and oxygen atoms in total. The standard InChI is InChI=1S/C23H39N3O6/c1-8-31-21(25-26-23(24)30)19(15(6)27)14(5)20(16(7)28)22(29)32-18-11-13(4)9-10-17(18)12(2)3/h12-14,17-20H,8-11H2,1-7H3,(H3,24,26,30)/b25-21-. The number of nitrogens with two attached hydrogens (primary N) is 1. The first-order valence-electron chi connectivity index (χ1n) is 11.4. The molecule has 0 aromatic heterocycles. The van der Waals surface area contributed by atoms with Crippen LogP contribution in [0, 0.1) is 35.5 Å². The third kappa shape index (κ3) is 7.60. The number of amides is 2. The summed E-state index contributed by atoms with van der Waals surface area (Å²) in [5.74, 6) is -3.51. The molecule has 9 heteroatoms. The molecule has 0 saturated heterocycles. The van der Waals surface area contributed by atoms with Gasteiger partial charge in [0.2, 0.25) is 5.90 Å². The van der Waals surface area contributed by atoms with Gasteiger partial charge >= 0.3 is 12.0 Å². The van der Waals surface area contributed by atoms with Gasteiger partial charge in [-0.3, -0.25) is 14.4 Å². The molecule has 1 aliphatic carbocycles. The molecule has 0 bridgehead atoms. The number of ketones is 2. The average molecular weight is 454 g/mol. The lowest BCUT2D eigenvalue weighted by Crippen LogP contribution is -2.44. The van der Waals surface area contributed by atoms with Crippen LogP contribution in [0.3, 0.4) is 0 Å². The quantitative estimate of drug-likeness (QED) is 0.171. The number of hydrogen-bond acceptors (Lipinski definition) is 7. The summed E-state index contributed by atoms with van der Waals surface area (Å²) in [5, 5.41) is 3.80. The Morgan fingerprint density at radius 3 is 2.12 bits per heavy atom. The molecule has 6 atom stereocenters. The Morgan fingerprint density at radius 2 is 1.66 bits per heavy atom. The van der Waals surface area contributed by atoms with Crippen molar-refractivity contribution in [1.82, 2.24) is 5.43 Å². The first-order chi connectivity index (χ1) is 14.9. The van der Waals surface area contributed by atoms with E-state index >= 15 is 0 Å². The monoisotopic (exact) mass is 453 g/mol. The number of Topliss-reactive ketones (excluding diaryl/α,β-unsaturated/α-hetero) is 2. The zero-order chi connectivity index (χ0) is 24.6. The summed E-state index contributed by atoms with van der Waals surface area (Å²) in [7, 11) is 0. The Kier molecular flexibility index (Phi) is 10.8. The van der Waals surface area contributed by atoms with E-state index in [-0.39, 0.29) is 30.3 Å². The zero-order valence-corrected chi connectivity index (χ0v) is 20.3. The first kappa shape index (κ1) is 27.6. The van der Waals surface area contributed by atoms with Gasteiger partial charge in [0.25, 0.3) is 0 Å². The summed E-state index contributed by atoms with van der Waals surface area (Å²) in [5.41, 5.74) is 7.13. The molecule has 0 aliphatic heterocycles. The van der Waals surface area contributed by atoms with Crippen molar-refractivity contribution in [2.75, 3.05) is 6.61 Å². The van der Waals surface area contributed by atoms with Crippen LogP contribution in [0.5, 0.6) is 0 Å². The third-order valence-electron chi connectivity index (χ3n) is 6.24. The number of carbonyl (C=O) groups is 4. The molecule has 32 heavy (non-hydrogen) atoms. The summed E-state index contributed by atoms with van der Waals surface area (Å²) >= 11 is 0. The number of esters is 1. The van der Waals surface area contributed by atoms with E-state index < -0.39 is 35.5 Å². The number of ether oxygens (including phenoxy) is 2. The number of rotatable bonds is 10. The minimum atomic E-state index is -1.17. The molecule has 0 radical (unpaired) electrons. The van der Waals surface area contributed by atoms with Crippen LogP contribution < -0.4 is 11.2 Å². The largest absolute Gasteiger partial charge is 0.479 e. The van der Waals surface area contributed by atoms with Crippen molar-refractivity contribution in [1.29, 1.82) is 0 Å². The summed E-state index contributed by atoms with van der Waals surface area (Å²) < 4.78 is 11.4. The average Bonchev–Trinajstić information content (AvgIpc) is 2.65. The summed E-state index contributed by atoms with van der Waals surface area (Å²) in [6.07, 6.45) is 2.52. The molecule has 0 aromatic carbocycles. The van der Waals surface area contributed by atoms with E-state index in [2.05, 4.69) is 31.3 Å². The number of nitrogens with zero attached hydrogens (tertiary/aromatic N) is 1. The molecule has 2 amide bonds. The second kappa shape index (κ2) is 12.6. The highest BCUT2D eigenvalue weighted by molar-refractivity contribution is 6.04. The molecule has 0 aromatic rings. The maximum Gasteiger partial charge on any atom is 0.332 e. The summed E-state index contributed by atoms with van der Waals surface area (Å²) in [4.78, 5) is 49.3. The highest BCUT2D eigenvalue weighted by atomic mass is 16.5. The van der Waals surface area contributed by atoms with Gasteiger partial charge in [-0.15, -0.1) is 5.10 Å². The Balaban J connectivity index is 3.21. The fraction of sp³-hybridized carbons (Fsp3) is 0.783. The molecular weight excluding hydrogens is 414 g/mol. The first-order valence-corrected chi connectivity index (χ1v) is 11.4. The van der Waals surface area contributed by atoms with Crippen LogP contribution in [0.15, 0.2) is 5.10 Å². The van der Waals surface area contributed by atoms with E-state index in [1.165, 1.54) is 13.8 Å². The Labute approximate surface area is 190 Å². The fourth-order valence-electron chi connectivity index (χ4n) is 4.63.